The third-order valence-electron chi connectivity index (χ3n) is 4.02. The van der Waals surface area contributed by atoms with Gasteiger partial charge in [0.25, 0.3) is 0 Å². The van der Waals surface area contributed by atoms with Gasteiger partial charge in [0, 0.05) is 0 Å². The molecule has 0 unspecified atom stereocenters. The van der Waals surface area contributed by atoms with Crippen LogP contribution in [0.3, 0.4) is 0 Å². The van der Waals surface area contributed by atoms with Crippen molar-refractivity contribution in [2.75, 3.05) is 0 Å². The van der Waals surface area contributed by atoms with Crippen molar-refractivity contribution >= 4 is 8.32 Å². The van der Waals surface area contributed by atoms with Gasteiger partial charge < -0.3 is 4.43 Å². The van der Waals surface area contributed by atoms with Crippen molar-refractivity contribution in [3.05, 3.63) is 35.4 Å². The Hall–Kier alpha value is -0.603. The Morgan fingerprint density at radius 3 is 2.28 bits per heavy atom. The summed E-state index contributed by atoms with van der Waals surface area (Å²) in [4.78, 5) is 0. The van der Waals surface area contributed by atoms with Crippen LogP contribution >= 0.6 is 0 Å². The van der Waals surface area contributed by atoms with Gasteiger partial charge in [0.2, 0.25) is 0 Å². The molecule has 1 aromatic rings. The third-order valence-corrected chi connectivity index (χ3v) is 8.50. The molecule has 0 aliphatic rings. The molecule has 0 spiro atoms. The minimum Gasteiger partial charge on any atom is -0.413 e. The third kappa shape index (κ3) is 3.96. The van der Waals surface area contributed by atoms with Gasteiger partial charge in [-0.25, -0.2) is 0 Å². The average Bonchev–Trinajstić information content (AvgIpc) is 2.25. The molecule has 2 heteroatoms. The normalized spacial score (nSPS) is 13.1. The van der Waals surface area contributed by atoms with Gasteiger partial charge in [-0.1, -0.05) is 58.9 Å². The second kappa shape index (κ2) is 5.58. The number of benzene rings is 1. The molecular formula is C16H28OSi. The quantitative estimate of drug-likeness (QED) is 0.668. The molecule has 0 saturated heterocycles. The molecule has 0 saturated carbocycles. The van der Waals surface area contributed by atoms with Crippen LogP contribution in [0.1, 0.15) is 51.7 Å². The van der Waals surface area contributed by atoms with Crippen molar-refractivity contribution < 1.29 is 4.43 Å². The summed E-state index contributed by atoms with van der Waals surface area (Å²) in [5.74, 6) is 0.581. The van der Waals surface area contributed by atoms with E-state index in [-0.39, 0.29) is 5.04 Å². The first kappa shape index (κ1) is 15.5. The molecule has 18 heavy (non-hydrogen) atoms. The summed E-state index contributed by atoms with van der Waals surface area (Å²) >= 11 is 0. The van der Waals surface area contributed by atoms with Crippen LogP contribution in [0.15, 0.2) is 24.3 Å². The summed E-state index contributed by atoms with van der Waals surface area (Å²) in [5.41, 5.74) is 2.69. The summed E-state index contributed by atoms with van der Waals surface area (Å²) in [7, 11) is -1.63. The smallest absolute Gasteiger partial charge is 0.192 e. The van der Waals surface area contributed by atoms with E-state index >= 15 is 0 Å². The standard InChI is InChI=1S/C16H28OSi/c1-13(2)15-10-8-9-14(11-15)12-17-18(6,7)16(3,4)5/h8-11,13H,12H2,1-7H3. The molecule has 0 bridgehead atoms. The first-order valence-electron chi connectivity index (χ1n) is 6.86. The van der Waals surface area contributed by atoms with Gasteiger partial charge in [0.1, 0.15) is 0 Å². The Balaban J connectivity index is 2.72. The molecule has 0 atom stereocenters. The zero-order valence-corrected chi connectivity index (χ0v) is 14.0. The van der Waals surface area contributed by atoms with Crippen LogP contribution in [0.25, 0.3) is 0 Å². The highest BCUT2D eigenvalue weighted by Gasteiger charge is 2.36. The lowest BCUT2D eigenvalue weighted by molar-refractivity contribution is 0.276. The largest absolute Gasteiger partial charge is 0.413 e. The van der Waals surface area contributed by atoms with Crippen molar-refractivity contribution in [1.29, 1.82) is 0 Å². The van der Waals surface area contributed by atoms with E-state index in [9.17, 15) is 0 Å². The van der Waals surface area contributed by atoms with E-state index in [0.29, 0.717) is 5.92 Å². The highest BCUT2D eigenvalue weighted by molar-refractivity contribution is 6.74. The second-order valence-corrected chi connectivity index (χ2v) is 11.8. The summed E-state index contributed by atoms with van der Waals surface area (Å²) in [6, 6.07) is 8.77. The highest BCUT2D eigenvalue weighted by atomic mass is 28.4. The molecule has 0 amide bonds. The molecule has 0 fully saturated rings. The zero-order valence-electron chi connectivity index (χ0n) is 13.0. The Morgan fingerprint density at radius 1 is 1.17 bits per heavy atom. The molecule has 0 aliphatic carbocycles. The van der Waals surface area contributed by atoms with E-state index in [2.05, 4.69) is 72.0 Å². The van der Waals surface area contributed by atoms with Crippen molar-refractivity contribution in [3.63, 3.8) is 0 Å². The summed E-state index contributed by atoms with van der Waals surface area (Å²) < 4.78 is 6.25. The highest BCUT2D eigenvalue weighted by Crippen LogP contribution is 2.37. The first-order valence-corrected chi connectivity index (χ1v) is 9.77. The lowest BCUT2D eigenvalue weighted by atomic mass is 10.0. The van der Waals surface area contributed by atoms with Crippen LogP contribution in [0.4, 0.5) is 0 Å². The second-order valence-electron chi connectivity index (χ2n) is 6.95. The first-order chi connectivity index (χ1) is 8.13. The SMILES string of the molecule is CC(C)c1cccc(CO[Si](C)(C)C(C)(C)C)c1. The van der Waals surface area contributed by atoms with Crippen LogP contribution in [-0.4, -0.2) is 8.32 Å². The number of hydrogen-bond donors (Lipinski definition) is 0. The summed E-state index contributed by atoms with van der Waals surface area (Å²) in [6.07, 6.45) is 0. The van der Waals surface area contributed by atoms with Gasteiger partial charge in [0.15, 0.2) is 8.32 Å². The molecular weight excluding hydrogens is 236 g/mol. The maximum Gasteiger partial charge on any atom is 0.192 e. The Kier molecular flexibility index (Phi) is 4.79. The van der Waals surface area contributed by atoms with E-state index in [1.54, 1.807) is 0 Å². The van der Waals surface area contributed by atoms with Crippen LogP contribution in [-0.2, 0) is 11.0 Å². The Morgan fingerprint density at radius 2 is 1.78 bits per heavy atom. The maximum atomic E-state index is 6.25. The van der Waals surface area contributed by atoms with Crippen LogP contribution in [0.2, 0.25) is 18.1 Å². The molecule has 1 aromatic carbocycles. The predicted octanol–water partition coefficient (Wildman–Crippen LogP) is 5.33. The van der Waals surface area contributed by atoms with Gasteiger partial charge in [-0.15, -0.1) is 0 Å². The Labute approximate surface area is 114 Å². The van der Waals surface area contributed by atoms with Gasteiger partial charge in [-0.3, -0.25) is 0 Å². The Bertz CT molecular complexity index is 388. The van der Waals surface area contributed by atoms with Gasteiger partial charge in [-0.2, -0.15) is 0 Å². The molecule has 102 valence electrons. The van der Waals surface area contributed by atoms with E-state index < -0.39 is 8.32 Å². The molecule has 0 aromatic heterocycles. The molecule has 1 nitrogen and oxygen atoms in total. The minimum atomic E-state index is -1.63. The molecule has 0 radical (unpaired) electrons. The lowest BCUT2D eigenvalue weighted by Gasteiger charge is -2.36. The van der Waals surface area contributed by atoms with Crippen molar-refractivity contribution in [3.8, 4) is 0 Å². The summed E-state index contributed by atoms with van der Waals surface area (Å²) in [5, 5.41) is 0.280. The average molecular weight is 264 g/mol. The fourth-order valence-corrected chi connectivity index (χ4v) is 2.48. The van der Waals surface area contributed by atoms with E-state index in [1.165, 1.54) is 11.1 Å². The van der Waals surface area contributed by atoms with E-state index in [0.717, 1.165) is 6.61 Å². The maximum absolute atomic E-state index is 6.25. The van der Waals surface area contributed by atoms with Crippen LogP contribution in [0.5, 0.6) is 0 Å². The molecule has 0 N–H and O–H groups in total. The van der Waals surface area contributed by atoms with Gasteiger partial charge >= 0.3 is 0 Å². The fraction of sp³-hybridized carbons (Fsp3) is 0.625. The van der Waals surface area contributed by atoms with Crippen molar-refractivity contribution in [2.45, 2.75) is 65.3 Å². The van der Waals surface area contributed by atoms with Gasteiger partial charge in [0.05, 0.1) is 6.61 Å². The topological polar surface area (TPSA) is 9.23 Å². The van der Waals surface area contributed by atoms with E-state index in [4.69, 9.17) is 4.43 Å². The van der Waals surface area contributed by atoms with Crippen molar-refractivity contribution in [2.24, 2.45) is 0 Å². The monoisotopic (exact) mass is 264 g/mol. The van der Waals surface area contributed by atoms with E-state index in [1.807, 2.05) is 0 Å². The summed E-state index contributed by atoms with van der Waals surface area (Å²) in [6.45, 7) is 16.7. The van der Waals surface area contributed by atoms with Crippen LogP contribution < -0.4 is 0 Å². The van der Waals surface area contributed by atoms with Gasteiger partial charge in [-0.05, 0) is 35.2 Å². The molecule has 0 heterocycles. The molecule has 1 rings (SSSR count). The van der Waals surface area contributed by atoms with Crippen molar-refractivity contribution in [1.82, 2.24) is 0 Å². The minimum absolute atomic E-state index is 0.280. The number of rotatable bonds is 4. The molecule has 0 aliphatic heterocycles. The van der Waals surface area contributed by atoms with Crippen LogP contribution in [0, 0.1) is 0 Å². The lowest BCUT2D eigenvalue weighted by Crippen LogP contribution is -2.40. The fourth-order valence-electron chi connectivity index (χ4n) is 1.52. The predicted molar refractivity (Wildman–Crippen MR) is 82.5 cm³/mol. The zero-order chi connectivity index (χ0) is 14.0. The number of hydrogen-bond acceptors (Lipinski definition) is 1.